The first-order valence-corrected chi connectivity index (χ1v) is 13.1. The van der Waals surface area contributed by atoms with Gasteiger partial charge in [-0.2, -0.15) is 4.90 Å². The van der Waals surface area contributed by atoms with Crippen LogP contribution in [-0.2, 0) is 20.9 Å². The summed E-state index contributed by atoms with van der Waals surface area (Å²) in [6, 6.07) is 10.4. The fraction of sp³-hybridized carbons (Fsp3) is 0.240. The van der Waals surface area contributed by atoms with Crippen LogP contribution >= 0.6 is 23.1 Å². The molecule has 11 nitrogen and oxygen atoms in total. The molecule has 3 aromatic rings. The number of thioether (sulfide) groups is 1. The molecular formula is C25H22N4O7S2. The van der Waals surface area contributed by atoms with Crippen molar-refractivity contribution in [3.63, 3.8) is 0 Å². The number of imide groups is 3. The summed E-state index contributed by atoms with van der Waals surface area (Å²) in [5.41, 5.74) is 7.42. The number of aromatic hydroxyl groups is 1. The number of ether oxygens (including phenoxy) is 1. The number of aryl methyl sites for hydroxylation is 1. The lowest BCUT2D eigenvalue weighted by Gasteiger charge is -2.30. The van der Waals surface area contributed by atoms with Crippen LogP contribution in [0.4, 0.5) is 10.5 Å². The number of thiazole rings is 1. The molecule has 13 heteroatoms. The van der Waals surface area contributed by atoms with E-state index in [4.69, 9.17) is 10.5 Å². The molecule has 5 rings (SSSR count). The number of primary amides is 1. The Morgan fingerprint density at radius 2 is 1.82 bits per heavy atom. The van der Waals surface area contributed by atoms with Crippen molar-refractivity contribution in [2.24, 2.45) is 11.7 Å². The molecule has 0 bridgehead atoms. The van der Waals surface area contributed by atoms with Gasteiger partial charge in [0, 0.05) is 16.5 Å². The molecule has 5 amide bonds. The molecule has 0 spiro atoms. The van der Waals surface area contributed by atoms with E-state index in [9.17, 15) is 29.1 Å². The number of benzene rings is 2. The molecule has 4 N–H and O–H groups in total. The largest absolute Gasteiger partial charge is 0.504 e. The van der Waals surface area contributed by atoms with Crippen LogP contribution in [0.2, 0.25) is 0 Å². The number of fused-ring (bicyclic) bond motifs is 2. The number of amides is 5. The predicted molar refractivity (Wildman–Crippen MR) is 139 cm³/mol. The van der Waals surface area contributed by atoms with E-state index in [1.54, 1.807) is 18.2 Å². The molecule has 196 valence electrons. The van der Waals surface area contributed by atoms with Gasteiger partial charge in [-0.15, -0.1) is 0 Å². The Balaban J connectivity index is 1.58. The van der Waals surface area contributed by atoms with Crippen LogP contribution < -0.4 is 20.7 Å². The molecule has 1 saturated heterocycles. The number of nitrogens with one attached hydrogen (secondary N) is 1. The number of anilines is 1. The number of methoxy groups -OCH3 is 1. The fourth-order valence-corrected chi connectivity index (χ4v) is 7.47. The zero-order chi connectivity index (χ0) is 27.3. The Hall–Kier alpha value is -4.10. The van der Waals surface area contributed by atoms with E-state index in [1.165, 1.54) is 23.8 Å². The molecule has 3 atom stereocenters. The van der Waals surface area contributed by atoms with Gasteiger partial charge in [0.2, 0.25) is 11.8 Å². The number of phenolic OH excluding ortho intramolecular Hbond substituents is 1. The van der Waals surface area contributed by atoms with Gasteiger partial charge >= 0.3 is 10.9 Å². The highest BCUT2D eigenvalue weighted by Gasteiger charge is 2.58. The maximum absolute atomic E-state index is 13.3. The van der Waals surface area contributed by atoms with Gasteiger partial charge in [-0.3, -0.25) is 23.7 Å². The van der Waals surface area contributed by atoms with Crippen molar-refractivity contribution >= 4 is 52.5 Å². The molecule has 0 saturated carbocycles. The maximum Gasteiger partial charge on any atom is 0.328 e. The van der Waals surface area contributed by atoms with Crippen molar-refractivity contribution in [3.05, 3.63) is 68.1 Å². The lowest BCUT2D eigenvalue weighted by Crippen LogP contribution is -2.41. The van der Waals surface area contributed by atoms with Crippen molar-refractivity contribution in [2.45, 2.75) is 29.7 Å². The van der Waals surface area contributed by atoms with Crippen LogP contribution in [0.1, 0.15) is 21.9 Å². The minimum Gasteiger partial charge on any atom is -0.504 e. The molecule has 2 aromatic carbocycles. The summed E-state index contributed by atoms with van der Waals surface area (Å²) in [6.07, 6.45) is 0. The first-order valence-electron chi connectivity index (χ1n) is 11.4. The molecule has 3 unspecified atom stereocenters. The Kier molecular flexibility index (Phi) is 6.49. The highest BCUT2D eigenvalue weighted by Crippen LogP contribution is 2.53. The normalized spacial score (nSPS) is 20.2. The number of likely N-dealkylation sites (tertiary alicyclic amines) is 1. The van der Waals surface area contributed by atoms with Crippen LogP contribution in [0.15, 0.2) is 52.3 Å². The van der Waals surface area contributed by atoms with E-state index in [0.717, 1.165) is 28.7 Å². The SMILES string of the molecule is COc1cc(C2c3sc(=O)n(CC(=O)Nc4ccc(C)cc4)c3SC3C(=O)N(C(N)=O)C(=O)C32)ccc1O. The van der Waals surface area contributed by atoms with E-state index in [1.807, 2.05) is 19.1 Å². The van der Waals surface area contributed by atoms with Crippen molar-refractivity contribution in [1.82, 2.24) is 9.47 Å². The first kappa shape index (κ1) is 25.5. The first-order chi connectivity index (χ1) is 18.1. The number of urea groups is 1. The number of hydrogen-bond acceptors (Lipinski definition) is 9. The average molecular weight is 555 g/mol. The second-order valence-corrected chi connectivity index (χ2v) is 11.0. The number of rotatable bonds is 5. The van der Waals surface area contributed by atoms with E-state index in [2.05, 4.69) is 5.32 Å². The molecule has 3 heterocycles. The number of aromatic nitrogens is 1. The third kappa shape index (κ3) is 4.23. The molecular weight excluding hydrogens is 532 g/mol. The smallest absolute Gasteiger partial charge is 0.328 e. The van der Waals surface area contributed by atoms with Crippen molar-refractivity contribution in [1.29, 1.82) is 0 Å². The van der Waals surface area contributed by atoms with E-state index < -0.39 is 45.7 Å². The van der Waals surface area contributed by atoms with Crippen molar-refractivity contribution < 1.29 is 29.0 Å². The number of nitrogens with two attached hydrogens (primary N) is 1. The molecule has 1 fully saturated rings. The Bertz CT molecular complexity index is 1550. The summed E-state index contributed by atoms with van der Waals surface area (Å²) >= 11 is 1.82. The van der Waals surface area contributed by atoms with E-state index >= 15 is 0 Å². The molecule has 1 aromatic heterocycles. The highest BCUT2D eigenvalue weighted by molar-refractivity contribution is 8.00. The number of hydrogen-bond donors (Lipinski definition) is 3. The summed E-state index contributed by atoms with van der Waals surface area (Å²) in [7, 11) is 1.37. The van der Waals surface area contributed by atoms with Crippen LogP contribution in [0, 0.1) is 12.8 Å². The zero-order valence-corrected chi connectivity index (χ0v) is 21.8. The average Bonchev–Trinajstić information content (AvgIpc) is 3.32. The van der Waals surface area contributed by atoms with Gasteiger partial charge in [0.25, 0.3) is 5.91 Å². The summed E-state index contributed by atoms with van der Waals surface area (Å²) in [5, 5.41) is 12.1. The number of carbonyl (C=O) groups is 4. The molecule has 2 aliphatic rings. The minimum atomic E-state index is -1.18. The monoisotopic (exact) mass is 554 g/mol. The summed E-state index contributed by atoms with van der Waals surface area (Å²) in [5.74, 6) is -3.87. The second-order valence-electron chi connectivity index (χ2n) is 8.86. The second kappa shape index (κ2) is 9.65. The molecule has 0 radical (unpaired) electrons. The molecule has 38 heavy (non-hydrogen) atoms. The van der Waals surface area contributed by atoms with Gasteiger partial charge in [-0.1, -0.05) is 46.9 Å². The lowest BCUT2D eigenvalue weighted by molar-refractivity contribution is -0.135. The van der Waals surface area contributed by atoms with Crippen LogP contribution in [-0.4, -0.2) is 50.7 Å². The van der Waals surface area contributed by atoms with Gasteiger partial charge in [0.1, 0.15) is 11.8 Å². The van der Waals surface area contributed by atoms with Crippen LogP contribution in [0.25, 0.3) is 0 Å². The standard InChI is InChI=1S/C25H22N4O7S2/c1-11-3-6-13(7-4-11)27-16(31)10-28-23-20(38-25(28)35)17(12-5-8-14(30)15(9-12)36-2)18-19(37-23)22(33)29(21(18)32)24(26)34/h3-9,17-19,30H,10H2,1-2H3,(H2,26,34)(H,27,31). The van der Waals surface area contributed by atoms with E-state index in [0.29, 0.717) is 26.1 Å². The highest BCUT2D eigenvalue weighted by atomic mass is 32.2. The Morgan fingerprint density at radius 1 is 1.11 bits per heavy atom. The minimum absolute atomic E-state index is 0.131. The Labute approximate surface area is 224 Å². The zero-order valence-electron chi connectivity index (χ0n) is 20.2. The van der Waals surface area contributed by atoms with Crippen LogP contribution in [0.3, 0.4) is 0 Å². The number of phenols is 1. The summed E-state index contributed by atoms with van der Waals surface area (Å²) in [4.78, 5) is 64.8. The maximum atomic E-state index is 13.3. The summed E-state index contributed by atoms with van der Waals surface area (Å²) < 4.78 is 6.48. The number of nitrogens with zero attached hydrogens (tertiary/aromatic N) is 2. The van der Waals surface area contributed by atoms with Crippen molar-refractivity contribution in [2.75, 3.05) is 12.4 Å². The Morgan fingerprint density at radius 3 is 2.47 bits per heavy atom. The van der Waals surface area contributed by atoms with E-state index in [-0.39, 0.29) is 18.0 Å². The molecule has 0 aliphatic carbocycles. The molecule has 2 aliphatic heterocycles. The quantitative estimate of drug-likeness (QED) is 0.405. The van der Waals surface area contributed by atoms with Gasteiger partial charge in [0.15, 0.2) is 11.5 Å². The topological polar surface area (TPSA) is 161 Å². The lowest BCUT2D eigenvalue weighted by atomic mass is 9.83. The van der Waals surface area contributed by atoms with Crippen molar-refractivity contribution in [3.8, 4) is 11.5 Å². The van der Waals surface area contributed by atoms with Gasteiger partial charge in [-0.05, 0) is 36.8 Å². The number of carbonyl (C=O) groups excluding carboxylic acids is 4. The van der Waals surface area contributed by atoms with Gasteiger partial charge in [0.05, 0.1) is 18.1 Å². The fourth-order valence-electron chi connectivity index (χ4n) is 4.70. The van der Waals surface area contributed by atoms with Gasteiger partial charge in [-0.25, -0.2) is 4.79 Å². The predicted octanol–water partition coefficient (Wildman–Crippen LogP) is 2.24. The van der Waals surface area contributed by atoms with Gasteiger partial charge < -0.3 is 20.9 Å². The third-order valence-corrected chi connectivity index (χ3v) is 9.07. The van der Waals surface area contributed by atoms with Crippen LogP contribution in [0.5, 0.6) is 11.5 Å². The third-order valence-electron chi connectivity index (χ3n) is 6.47. The summed E-state index contributed by atoms with van der Waals surface area (Å²) in [6.45, 7) is 1.60.